The SMILES string of the molecule is Clc1nc(OC2CCCCC2)nc(-n2cncn2)n1. The molecule has 2 aromatic rings. The molecule has 100 valence electrons. The third kappa shape index (κ3) is 2.98. The van der Waals surface area contributed by atoms with E-state index < -0.39 is 0 Å². The molecule has 1 aliphatic rings. The molecule has 2 aromatic heterocycles. The van der Waals surface area contributed by atoms with Crippen LogP contribution >= 0.6 is 11.6 Å². The number of halogens is 1. The van der Waals surface area contributed by atoms with Crippen molar-refractivity contribution in [1.82, 2.24) is 29.7 Å². The van der Waals surface area contributed by atoms with E-state index in [1.807, 2.05) is 0 Å². The van der Waals surface area contributed by atoms with Gasteiger partial charge in [0.2, 0.25) is 5.28 Å². The molecule has 3 rings (SSSR count). The van der Waals surface area contributed by atoms with Crippen LogP contribution in [0.15, 0.2) is 12.7 Å². The number of aromatic nitrogens is 6. The quantitative estimate of drug-likeness (QED) is 0.853. The number of rotatable bonds is 3. The van der Waals surface area contributed by atoms with E-state index in [9.17, 15) is 0 Å². The van der Waals surface area contributed by atoms with Crippen molar-refractivity contribution in [2.24, 2.45) is 0 Å². The Morgan fingerprint density at radius 2 is 2.00 bits per heavy atom. The van der Waals surface area contributed by atoms with E-state index in [0.717, 1.165) is 12.8 Å². The van der Waals surface area contributed by atoms with Crippen molar-refractivity contribution in [2.45, 2.75) is 38.2 Å². The van der Waals surface area contributed by atoms with Crippen LogP contribution in [0.3, 0.4) is 0 Å². The Kier molecular flexibility index (Phi) is 3.54. The first-order valence-electron chi connectivity index (χ1n) is 6.24. The number of nitrogens with zero attached hydrogens (tertiary/aromatic N) is 6. The zero-order valence-corrected chi connectivity index (χ0v) is 11.0. The number of ether oxygens (including phenoxy) is 1. The molecule has 0 bridgehead atoms. The molecule has 0 spiro atoms. The summed E-state index contributed by atoms with van der Waals surface area (Å²) in [7, 11) is 0. The van der Waals surface area contributed by atoms with E-state index in [4.69, 9.17) is 16.3 Å². The largest absolute Gasteiger partial charge is 0.460 e. The zero-order chi connectivity index (χ0) is 13.1. The Morgan fingerprint density at radius 3 is 2.74 bits per heavy atom. The van der Waals surface area contributed by atoms with Crippen LogP contribution in [0.25, 0.3) is 5.95 Å². The number of hydrogen-bond donors (Lipinski definition) is 0. The van der Waals surface area contributed by atoms with E-state index in [0.29, 0.717) is 5.95 Å². The second kappa shape index (κ2) is 5.48. The van der Waals surface area contributed by atoms with E-state index in [1.165, 1.54) is 36.6 Å². The number of hydrogen-bond acceptors (Lipinski definition) is 6. The van der Waals surface area contributed by atoms with E-state index >= 15 is 0 Å². The monoisotopic (exact) mass is 280 g/mol. The van der Waals surface area contributed by atoms with Crippen LogP contribution in [-0.2, 0) is 0 Å². The molecular weight excluding hydrogens is 268 g/mol. The summed E-state index contributed by atoms with van der Waals surface area (Å²) in [6.45, 7) is 0. The van der Waals surface area contributed by atoms with Crippen molar-refractivity contribution in [1.29, 1.82) is 0 Å². The fraction of sp³-hybridized carbons (Fsp3) is 0.545. The van der Waals surface area contributed by atoms with Crippen molar-refractivity contribution in [2.75, 3.05) is 0 Å². The Labute approximate surface area is 115 Å². The summed E-state index contributed by atoms with van der Waals surface area (Å²) in [5.41, 5.74) is 0. The van der Waals surface area contributed by atoms with Gasteiger partial charge < -0.3 is 4.74 Å². The van der Waals surface area contributed by atoms with Gasteiger partial charge in [-0.1, -0.05) is 6.42 Å². The van der Waals surface area contributed by atoms with E-state index in [1.54, 1.807) is 0 Å². The van der Waals surface area contributed by atoms with Crippen LogP contribution in [0.1, 0.15) is 32.1 Å². The molecular formula is C11H13ClN6O. The molecule has 1 saturated carbocycles. The summed E-state index contributed by atoms with van der Waals surface area (Å²) in [4.78, 5) is 16.0. The second-order valence-corrected chi connectivity index (χ2v) is 4.74. The lowest BCUT2D eigenvalue weighted by Crippen LogP contribution is -2.21. The van der Waals surface area contributed by atoms with Gasteiger partial charge in [0.1, 0.15) is 18.8 Å². The van der Waals surface area contributed by atoms with Gasteiger partial charge in [0, 0.05) is 0 Å². The van der Waals surface area contributed by atoms with E-state index in [2.05, 4.69) is 25.0 Å². The second-order valence-electron chi connectivity index (χ2n) is 4.40. The van der Waals surface area contributed by atoms with Crippen LogP contribution in [0.4, 0.5) is 0 Å². The van der Waals surface area contributed by atoms with Crippen LogP contribution < -0.4 is 4.74 Å². The Balaban J connectivity index is 1.81. The topological polar surface area (TPSA) is 78.6 Å². The standard InChI is InChI=1S/C11H13ClN6O/c12-9-15-10(18-7-13-6-14-18)17-11(16-9)19-8-4-2-1-3-5-8/h6-8H,1-5H2. The average molecular weight is 281 g/mol. The molecule has 0 saturated heterocycles. The summed E-state index contributed by atoms with van der Waals surface area (Å²) in [6, 6.07) is 0.248. The first-order valence-corrected chi connectivity index (χ1v) is 6.62. The van der Waals surface area contributed by atoms with Gasteiger partial charge in [-0.2, -0.15) is 24.7 Å². The summed E-state index contributed by atoms with van der Waals surface area (Å²) < 4.78 is 7.18. The highest BCUT2D eigenvalue weighted by Gasteiger charge is 2.17. The van der Waals surface area contributed by atoms with Gasteiger partial charge >= 0.3 is 6.01 Å². The molecule has 0 amide bonds. The lowest BCUT2D eigenvalue weighted by atomic mass is 9.98. The first-order chi connectivity index (χ1) is 9.31. The van der Waals surface area contributed by atoms with Gasteiger partial charge in [0.15, 0.2) is 0 Å². The molecule has 0 atom stereocenters. The van der Waals surface area contributed by atoms with Gasteiger partial charge in [-0.3, -0.25) is 0 Å². The first kappa shape index (κ1) is 12.3. The highest BCUT2D eigenvalue weighted by atomic mass is 35.5. The maximum absolute atomic E-state index is 5.88. The summed E-state index contributed by atoms with van der Waals surface area (Å²) in [5.74, 6) is 0.309. The van der Waals surface area contributed by atoms with Crippen LogP contribution in [0, 0.1) is 0 Å². The molecule has 0 aromatic carbocycles. The van der Waals surface area contributed by atoms with Crippen LogP contribution in [-0.4, -0.2) is 35.8 Å². The van der Waals surface area contributed by atoms with E-state index in [-0.39, 0.29) is 17.4 Å². The molecule has 2 heterocycles. The van der Waals surface area contributed by atoms with Gasteiger partial charge in [0.05, 0.1) is 0 Å². The van der Waals surface area contributed by atoms with Gasteiger partial charge in [-0.25, -0.2) is 4.98 Å². The minimum atomic E-state index is 0.0892. The maximum atomic E-state index is 5.88. The molecule has 0 unspecified atom stereocenters. The Morgan fingerprint density at radius 1 is 1.16 bits per heavy atom. The molecule has 7 nitrogen and oxygen atoms in total. The average Bonchev–Trinajstić information content (AvgIpc) is 2.93. The molecule has 19 heavy (non-hydrogen) atoms. The molecule has 1 fully saturated rings. The lowest BCUT2D eigenvalue weighted by Gasteiger charge is -2.21. The highest BCUT2D eigenvalue weighted by Crippen LogP contribution is 2.22. The third-order valence-electron chi connectivity index (χ3n) is 3.02. The minimum Gasteiger partial charge on any atom is -0.460 e. The smallest absolute Gasteiger partial charge is 0.322 e. The van der Waals surface area contributed by atoms with Gasteiger partial charge in [-0.15, -0.1) is 0 Å². The molecule has 8 heteroatoms. The maximum Gasteiger partial charge on any atom is 0.322 e. The van der Waals surface area contributed by atoms with Crippen molar-refractivity contribution in [3.05, 3.63) is 17.9 Å². The van der Waals surface area contributed by atoms with Gasteiger partial charge in [0.25, 0.3) is 5.95 Å². The summed E-state index contributed by atoms with van der Waals surface area (Å²) >= 11 is 5.88. The lowest BCUT2D eigenvalue weighted by molar-refractivity contribution is 0.141. The van der Waals surface area contributed by atoms with Crippen LogP contribution in [0.2, 0.25) is 5.28 Å². The van der Waals surface area contributed by atoms with Gasteiger partial charge in [-0.05, 0) is 37.3 Å². The predicted molar refractivity (Wildman–Crippen MR) is 67.3 cm³/mol. The fourth-order valence-electron chi connectivity index (χ4n) is 2.12. The molecule has 0 aliphatic heterocycles. The zero-order valence-electron chi connectivity index (χ0n) is 10.2. The van der Waals surface area contributed by atoms with Crippen molar-refractivity contribution < 1.29 is 4.74 Å². The molecule has 1 aliphatic carbocycles. The fourth-order valence-corrected chi connectivity index (χ4v) is 2.27. The Hall–Kier alpha value is -1.76. The summed E-state index contributed by atoms with van der Waals surface area (Å²) in [5, 5.41) is 4.04. The third-order valence-corrected chi connectivity index (χ3v) is 3.19. The predicted octanol–water partition coefficient (Wildman–Crippen LogP) is 1.82. The normalized spacial score (nSPS) is 16.5. The Bertz CT molecular complexity index is 540. The highest BCUT2D eigenvalue weighted by molar-refractivity contribution is 6.28. The molecule has 0 N–H and O–H groups in total. The van der Waals surface area contributed by atoms with Crippen molar-refractivity contribution >= 4 is 11.6 Å². The van der Waals surface area contributed by atoms with Crippen molar-refractivity contribution in [3.63, 3.8) is 0 Å². The van der Waals surface area contributed by atoms with Crippen molar-refractivity contribution in [3.8, 4) is 12.0 Å². The van der Waals surface area contributed by atoms with Crippen LogP contribution in [0.5, 0.6) is 6.01 Å². The minimum absolute atomic E-state index is 0.0892. The molecule has 0 radical (unpaired) electrons. The summed E-state index contributed by atoms with van der Waals surface area (Å²) in [6.07, 6.45) is 8.75.